The Balaban J connectivity index is 1.15. The molecule has 2 nitrogen and oxygen atoms in total. The number of fused-ring (bicyclic) bond motifs is 3. The number of hydrogen-bond acceptors (Lipinski definition) is 1. The fourth-order valence-corrected chi connectivity index (χ4v) is 7.92. The monoisotopic (exact) mass is 674 g/mol. The van der Waals surface area contributed by atoms with E-state index in [2.05, 4.69) is 211 Å². The average molecular weight is 675 g/mol. The van der Waals surface area contributed by atoms with Crippen LogP contribution in [0.15, 0.2) is 206 Å². The third-order valence-corrected chi connectivity index (χ3v) is 10.4. The predicted octanol–water partition coefficient (Wildman–Crippen LogP) is 13.7. The van der Waals surface area contributed by atoms with Gasteiger partial charge in [0.25, 0.3) is 0 Å². The van der Waals surface area contributed by atoms with Crippen molar-refractivity contribution in [3.63, 3.8) is 0 Å². The van der Waals surface area contributed by atoms with Gasteiger partial charge in [0.05, 0.1) is 11.0 Å². The van der Waals surface area contributed by atoms with Crippen LogP contribution in [0.3, 0.4) is 0 Å². The first kappa shape index (κ1) is 30.8. The molecule has 248 valence electrons. The van der Waals surface area contributed by atoms with Gasteiger partial charge in [0.1, 0.15) is 5.82 Å². The highest BCUT2D eigenvalue weighted by Gasteiger charge is 2.19. The van der Waals surface area contributed by atoms with Crippen LogP contribution in [0.1, 0.15) is 0 Å². The maximum Gasteiger partial charge on any atom is 0.145 e. The molecule has 0 amide bonds. The van der Waals surface area contributed by atoms with Crippen LogP contribution in [-0.4, -0.2) is 9.55 Å². The molecule has 0 aliphatic heterocycles. The molecule has 0 bridgehead atoms. The Morgan fingerprint density at radius 1 is 0.302 bits per heavy atom. The van der Waals surface area contributed by atoms with E-state index in [1.165, 1.54) is 66.1 Å². The average Bonchev–Trinajstić information content (AvgIpc) is 3.63. The second kappa shape index (κ2) is 12.9. The van der Waals surface area contributed by atoms with Gasteiger partial charge >= 0.3 is 0 Å². The topological polar surface area (TPSA) is 17.8 Å². The van der Waals surface area contributed by atoms with Crippen molar-refractivity contribution < 1.29 is 0 Å². The number of imidazole rings is 1. The molecule has 2 heteroatoms. The second-order valence-electron chi connectivity index (χ2n) is 13.5. The summed E-state index contributed by atoms with van der Waals surface area (Å²) in [5.41, 5.74) is 13.9. The van der Waals surface area contributed by atoms with E-state index in [0.29, 0.717) is 0 Å². The number of aromatic nitrogens is 2. The van der Waals surface area contributed by atoms with Crippen molar-refractivity contribution in [3.05, 3.63) is 206 Å². The predicted molar refractivity (Wildman–Crippen MR) is 223 cm³/mol. The smallest absolute Gasteiger partial charge is 0.145 e. The molecule has 0 fully saturated rings. The van der Waals surface area contributed by atoms with Crippen LogP contribution in [0.4, 0.5) is 0 Å². The highest BCUT2D eigenvalue weighted by Crippen LogP contribution is 2.45. The largest absolute Gasteiger partial charge is 0.292 e. The highest BCUT2D eigenvalue weighted by molar-refractivity contribution is 6.22. The molecular weight excluding hydrogens is 641 g/mol. The number of benzene rings is 9. The molecular formula is C51H34N2. The van der Waals surface area contributed by atoms with Crippen LogP contribution in [0.5, 0.6) is 0 Å². The SMILES string of the molecule is c1ccc(-c2ccc3nc(-c4ccccc4)n(-c4ccc(-c5ccc6c(-c7ccccc7)c7ccccc7c(-c7ccccc7)c6c5)cc4)c3c2)cc1. The zero-order chi connectivity index (χ0) is 35.1. The zero-order valence-corrected chi connectivity index (χ0v) is 29.0. The molecule has 1 aromatic heterocycles. The van der Waals surface area contributed by atoms with Gasteiger partial charge in [0, 0.05) is 11.3 Å². The van der Waals surface area contributed by atoms with E-state index in [0.717, 1.165) is 28.1 Å². The summed E-state index contributed by atoms with van der Waals surface area (Å²) in [6.07, 6.45) is 0. The third kappa shape index (κ3) is 5.40. The van der Waals surface area contributed by atoms with E-state index in [1.54, 1.807) is 0 Å². The highest BCUT2D eigenvalue weighted by atomic mass is 15.1. The Labute approximate surface area is 308 Å². The fourth-order valence-electron chi connectivity index (χ4n) is 7.92. The number of nitrogens with zero attached hydrogens (tertiary/aromatic N) is 2. The van der Waals surface area contributed by atoms with Crippen molar-refractivity contribution in [3.8, 4) is 61.6 Å². The Kier molecular flexibility index (Phi) is 7.51. The van der Waals surface area contributed by atoms with Gasteiger partial charge in [-0.2, -0.15) is 0 Å². The van der Waals surface area contributed by atoms with Crippen LogP contribution in [0.2, 0.25) is 0 Å². The summed E-state index contributed by atoms with van der Waals surface area (Å²) in [7, 11) is 0. The summed E-state index contributed by atoms with van der Waals surface area (Å²) >= 11 is 0. The lowest BCUT2D eigenvalue weighted by Gasteiger charge is -2.19. The molecule has 0 N–H and O–H groups in total. The second-order valence-corrected chi connectivity index (χ2v) is 13.5. The Morgan fingerprint density at radius 2 is 0.736 bits per heavy atom. The van der Waals surface area contributed by atoms with Crippen LogP contribution in [0, 0.1) is 0 Å². The van der Waals surface area contributed by atoms with Gasteiger partial charge in [-0.15, -0.1) is 0 Å². The quantitative estimate of drug-likeness (QED) is 0.161. The number of rotatable bonds is 6. The lowest BCUT2D eigenvalue weighted by Crippen LogP contribution is -1.98. The fraction of sp³-hybridized carbons (Fsp3) is 0. The van der Waals surface area contributed by atoms with Crippen molar-refractivity contribution >= 4 is 32.6 Å². The van der Waals surface area contributed by atoms with Crippen molar-refractivity contribution in [2.75, 3.05) is 0 Å². The summed E-state index contributed by atoms with van der Waals surface area (Å²) in [4.78, 5) is 5.17. The molecule has 0 unspecified atom stereocenters. The minimum atomic E-state index is 0.928. The van der Waals surface area contributed by atoms with Gasteiger partial charge in [-0.3, -0.25) is 4.57 Å². The lowest BCUT2D eigenvalue weighted by atomic mass is 9.85. The van der Waals surface area contributed by atoms with E-state index in [1.807, 2.05) is 0 Å². The summed E-state index contributed by atoms with van der Waals surface area (Å²) in [6.45, 7) is 0. The zero-order valence-electron chi connectivity index (χ0n) is 29.0. The van der Waals surface area contributed by atoms with Gasteiger partial charge in [0.15, 0.2) is 0 Å². The van der Waals surface area contributed by atoms with Crippen molar-refractivity contribution in [1.82, 2.24) is 9.55 Å². The summed E-state index contributed by atoms with van der Waals surface area (Å²) < 4.78 is 2.30. The molecule has 0 aliphatic carbocycles. The molecule has 0 spiro atoms. The van der Waals surface area contributed by atoms with Gasteiger partial charge in [0.2, 0.25) is 0 Å². The molecule has 0 saturated carbocycles. The van der Waals surface area contributed by atoms with Crippen LogP contribution < -0.4 is 0 Å². The molecule has 10 rings (SSSR count). The van der Waals surface area contributed by atoms with E-state index >= 15 is 0 Å². The lowest BCUT2D eigenvalue weighted by molar-refractivity contribution is 1.10. The molecule has 9 aromatic carbocycles. The molecule has 53 heavy (non-hydrogen) atoms. The summed E-state index contributed by atoms with van der Waals surface area (Å²) in [5, 5.41) is 5.02. The van der Waals surface area contributed by atoms with E-state index in [-0.39, 0.29) is 0 Å². The molecule has 0 radical (unpaired) electrons. The van der Waals surface area contributed by atoms with Crippen LogP contribution >= 0.6 is 0 Å². The summed E-state index contributed by atoms with van der Waals surface area (Å²) in [5.74, 6) is 0.928. The maximum atomic E-state index is 5.17. The minimum absolute atomic E-state index is 0.928. The van der Waals surface area contributed by atoms with Crippen molar-refractivity contribution in [1.29, 1.82) is 0 Å². The Bertz CT molecular complexity index is 2890. The van der Waals surface area contributed by atoms with Crippen molar-refractivity contribution in [2.45, 2.75) is 0 Å². The molecule has 0 saturated heterocycles. The van der Waals surface area contributed by atoms with Gasteiger partial charge in [-0.1, -0.05) is 176 Å². The molecule has 0 atom stereocenters. The maximum absolute atomic E-state index is 5.17. The Hall–Kier alpha value is -7.03. The van der Waals surface area contributed by atoms with Gasteiger partial charge in [-0.05, 0) is 96.4 Å². The minimum Gasteiger partial charge on any atom is -0.292 e. The standard InChI is InChI=1S/C51H34N2/c1-5-15-35(16-6-1)41-28-32-47-48(34-41)53(51(52-47)39-21-11-4-12-22-39)42-29-25-36(26-30-42)40-27-31-45-46(33-40)50(38-19-9-3-10-20-38)44-24-14-13-23-43(44)49(45)37-17-7-2-8-18-37/h1-34H. The Morgan fingerprint density at radius 3 is 1.34 bits per heavy atom. The van der Waals surface area contributed by atoms with E-state index in [4.69, 9.17) is 4.98 Å². The van der Waals surface area contributed by atoms with Crippen LogP contribution in [0.25, 0.3) is 94.2 Å². The van der Waals surface area contributed by atoms with Crippen LogP contribution in [-0.2, 0) is 0 Å². The first-order chi connectivity index (χ1) is 26.3. The molecule has 0 aliphatic rings. The van der Waals surface area contributed by atoms with E-state index in [9.17, 15) is 0 Å². The molecule has 10 aromatic rings. The van der Waals surface area contributed by atoms with Gasteiger partial charge < -0.3 is 0 Å². The normalized spacial score (nSPS) is 11.4. The first-order valence-electron chi connectivity index (χ1n) is 18.1. The third-order valence-electron chi connectivity index (χ3n) is 10.4. The van der Waals surface area contributed by atoms with E-state index < -0.39 is 0 Å². The molecule has 1 heterocycles. The first-order valence-corrected chi connectivity index (χ1v) is 18.1. The van der Waals surface area contributed by atoms with Crippen molar-refractivity contribution in [2.24, 2.45) is 0 Å². The van der Waals surface area contributed by atoms with Gasteiger partial charge in [-0.25, -0.2) is 4.98 Å². The summed E-state index contributed by atoms with van der Waals surface area (Å²) in [6, 6.07) is 74.0. The number of hydrogen-bond donors (Lipinski definition) is 0.